The lowest BCUT2D eigenvalue weighted by Gasteiger charge is -2.30. The van der Waals surface area contributed by atoms with Gasteiger partial charge in [0.1, 0.15) is 5.75 Å². The van der Waals surface area contributed by atoms with E-state index in [-0.39, 0.29) is 19.1 Å². The minimum absolute atomic E-state index is 0.0648. The van der Waals surface area contributed by atoms with E-state index in [0.29, 0.717) is 18.7 Å². The van der Waals surface area contributed by atoms with Gasteiger partial charge in [0.25, 0.3) is 5.91 Å². The first kappa shape index (κ1) is 15.3. The van der Waals surface area contributed by atoms with Crippen LogP contribution in [-0.2, 0) is 9.59 Å². The molecular weight excluding hydrogens is 294 g/mol. The first-order valence-corrected chi connectivity index (χ1v) is 7.75. The van der Waals surface area contributed by atoms with Gasteiger partial charge < -0.3 is 14.7 Å². The number of piperidine rings is 1. The molecule has 1 fully saturated rings. The van der Waals surface area contributed by atoms with Crippen molar-refractivity contribution in [3.8, 4) is 5.75 Å². The molecule has 1 saturated heterocycles. The molecule has 1 aliphatic heterocycles. The molecule has 1 aliphatic rings. The lowest BCUT2D eigenvalue weighted by Crippen LogP contribution is -2.44. The van der Waals surface area contributed by atoms with Gasteiger partial charge in [0.2, 0.25) is 0 Å². The van der Waals surface area contributed by atoms with E-state index in [4.69, 9.17) is 9.84 Å². The zero-order valence-electron chi connectivity index (χ0n) is 12.8. The molecule has 3 rings (SSSR count). The highest BCUT2D eigenvalue weighted by molar-refractivity contribution is 5.84. The Balaban J connectivity index is 1.60. The maximum atomic E-state index is 12.2. The van der Waals surface area contributed by atoms with E-state index >= 15 is 0 Å². The van der Waals surface area contributed by atoms with Crippen LogP contribution in [0.4, 0.5) is 0 Å². The molecule has 0 spiro atoms. The summed E-state index contributed by atoms with van der Waals surface area (Å²) >= 11 is 0. The monoisotopic (exact) mass is 313 g/mol. The summed E-state index contributed by atoms with van der Waals surface area (Å²) in [5.41, 5.74) is 0. The molecule has 0 aromatic heterocycles. The molecule has 1 unspecified atom stereocenters. The van der Waals surface area contributed by atoms with Crippen molar-refractivity contribution in [3.05, 3.63) is 42.5 Å². The van der Waals surface area contributed by atoms with Gasteiger partial charge in [-0.05, 0) is 35.7 Å². The fourth-order valence-corrected chi connectivity index (χ4v) is 2.90. The van der Waals surface area contributed by atoms with Gasteiger partial charge in [-0.1, -0.05) is 30.3 Å². The van der Waals surface area contributed by atoms with Crippen LogP contribution in [0.1, 0.15) is 12.8 Å². The van der Waals surface area contributed by atoms with E-state index < -0.39 is 11.9 Å². The number of fused-ring (bicyclic) bond motifs is 1. The lowest BCUT2D eigenvalue weighted by molar-refractivity contribution is -0.146. The Morgan fingerprint density at radius 3 is 2.74 bits per heavy atom. The minimum atomic E-state index is -0.835. The van der Waals surface area contributed by atoms with Crippen molar-refractivity contribution >= 4 is 22.6 Å². The fourth-order valence-electron chi connectivity index (χ4n) is 2.90. The molecular formula is C18H19NO4. The number of carbonyl (C=O) groups is 2. The number of carbonyl (C=O) groups excluding carboxylic acids is 1. The van der Waals surface area contributed by atoms with E-state index in [1.165, 1.54) is 0 Å². The van der Waals surface area contributed by atoms with Crippen LogP contribution >= 0.6 is 0 Å². The fraction of sp³-hybridized carbons (Fsp3) is 0.333. The number of hydrogen-bond acceptors (Lipinski definition) is 3. The molecule has 2 aromatic carbocycles. The van der Waals surface area contributed by atoms with Crippen molar-refractivity contribution in [1.29, 1.82) is 0 Å². The molecule has 1 N–H and O–H groups in total. The highest BCUT2D eigenvalue weighted by Gasteiger charge is 2.28. The number of aliphatic carboxylic acids is 1. The summed E-state index contributed by atoms with van der Waals surface area (Å²) in [4.78, 5) is 24.9. The average Bonchev–Trinajstić information content (AvgIpc) is 2.59. The zero-order valence-corrected chi connectivity index (χ0v) is 12.8. The third-order valence-corrected chi connectivity index (χ3v) is 4.21. The summed E-state index contributed by atoms with van der Waals surface area (Å²) in [6, 6.07) is 13.6. The number of ether oxygens (including phenoxy) is 1. The second kappa shape index (κ2) is 6.69. The number of likely N-dealkylation sites (tertiary alicyclic amines) is 1. The van der Waals surface area contributed by atoms with Gasteiger partial charge in [-0.2, -0.15) is 0 Å². The van der Waals surface area contributed by atoms with Gasteiger partial charge in [-0.25, -0.2) is 0 Å². The largest absolute Gasteiger partial charge is 0.484 e. The molecule has 1 amide bonds. The standard InChI is InChI=1S/C18H19NO4/c20-17(19-9-3-6-15(11-19)18(21)22)12-23-16-8-7-13-4-1-2-5-14(13)10-16/h1-2,4-5,7-8,10,15H,3,6,9,11-12H2,(H,21,22). The van der Waals surface area contributed by atoms with Crippen LogP contribution in [0.5, 0.6) is 5.75 Å². The number of rotatable bonds is 4. The van der Waals surface area contributed by atoms with E-state index in [1.54, 1.807) is 4.90 Å². The van der Waals surface area contributed by atoms with Crippen LogP contribution in [0.2, 0.25) is 0 Å². The molecule has 0 radical (unpaired) electrons. The summed E-state index contributed by atoms with van der Waals surface area (Å²) in [7, 11) is 0. The van der Waals surface area contributed by atoms with Gasteiger partial charge in [-0.3, -0.25) is 9.59 Å². The number of amides is 1. The van der Waals surface area contributed by atoms with Gasteiger partial charge >= 0.3 is 5.97 Å². The van der Waals surface area contributed by atoms with Gasteiger partial charge in [-0.15, -0.1) is 0 Å². The SMILES string of the molecule is O=C(O)C1CCCN(C(=O)COc2ccc3ccccc3c2)C1. The Morgan fingerprint density at radius 1 is 1.17 bits per heavy atom. The second-order valence-corrected chi connectivity index (χ2v) is 5.81. The molecule has 0 bridgehead atoms. The molecule has 5 nitrogen and oxygen atoms in total. The van der Waals surface area contributed by atoms with E-state index in [2.05, 4.69) is 0 Å². The molecule has 0 saturated carbocycles. The van der Waals surface area contributed by atoms with E-state index in [9.17, 15) is 9.59 Å². The molecule has 23 heavy (non-hydrogen) atoms. The molecule has 1 heterocycles. The average molecular weight is 313 g/mol. The van der Waals surface area contributed by atoms with Crippen LogP contribution in [-0.4, -0.2) is 41.6 Å². The van der Waals surface area contributed by atoms with Crippen molar-refractivity contribution < 1.29 is 19.4 Å². The highest BCUT2D eigenvalue weighted by atomic mass is 16.5. The van der Waals surface area contributed by atoms with Crippen LogP contribution in [0.15, 0.2) is 42.5 Å². The summed E-state index contributed by atoms with van der Waals surface area (Å²) in [5, 5.41) is 11.3. The smallest absolute Gasteiger partial charge is 0.308 e. The van der Waals surface area contributed by atoms with Gasteiger partial charge in [0, 0.05) is 13.1 Å². The second-order valence-electron chi connectivity index (χ2n) is 5.81. The Labute approximate surface area is 134 Å². The summed E-state index contributed by atoms with van der Waals surface area (Å²) in [6.45, 7) is 0.809. The van der Waals surface area contributed by atoms with Gasteiger partial charge in [0.15, 0.2) is 6.61 Å². The predicted molar refractivity (Wildman–Crippen MR) is 86.4 cm³/mol. The lowest BCUT2D eigenvalue weighted by atomic mass is 9.98. The van der Waals surface area contributed by atoms with E-state index in [0.717, 1.165) is 17.2 Å². The van der Waals surface area contributed by atoms with E-state index in [1.807, 2.05) is 42.5 Å². The van der Waals surface area contributed by atoms with Crippen molar-refractivity contribution in [3.63, 3.8) is 0 Å². The molecule has 1 atom stereocenters. The highest BCUT2D eigenvalue weighted by Crippen LogP contribution is 2.21. The summed E-state index contributed by atoms with van der Waals surface area (Å²) < 4.78 is 5.59. The Morgan fingerprint density at radius 2 is 1.96 bits per heavy atom. The molecule has 0 aliphatic carbocycles. The maximum Gasteiger partial charge on any atom is 0.308 e. The molecule has 120 valence electrons. The van der Waals surface area contributed by atoms with Crippen LogP contribution in [0.25, 0.3) is 10.8 Å². The van der Waals surface area contributed by atoms with Crippen LogP contribution < -0.4 is 4.74 Å². The first-order valence-electron chi connectivity index (χ1n) is 7.75. The Hall–Kier alpha value is -2.56. The minimum Gasteiger partial charge on any atom is -0.484 e. The number of carboxylic acids is 1. The van der Waals surface area contributed by atoms with Crippen molar-refractivity contribution in [1.82, 2.24) is 4.90 Å². The molecule has 2 aromatic rings. The van der Waals surface area contributed by atoms with Crippen LogP contribution in [0.3, 0.4) is 0 Å². The zero-order chi connectivity index (χ0) is 16.2. The quantitative estimate of drug-likeness (QED) is 0.942. The van der Waals surface area contributed by atoms with Crippen LogP contribution in [0, 0.1) is 5.92 Å². The number of nitrogens with zero attached hydrogens (tertiary/aromatic N) is 1. The normalized spacial score (nSPS) is 17.9. The summed E-state index contributed by atoms with van der Waals surface area (Å²) in [6.07, 6.45) is 1.35. The van der Waals surface area contributed by atoms with Crippen molar-refractivity contribution in [2.75, 3.05) is 19.7 Å². The number of benzene rings is 2. The summed E-state index contributed by atoms with van der Waals surface area (Å²) in [5.74, 6) is -0.820. The van der Waals surface area contributed by atoms with Crippen molar-refractivity contribution in [2.45, 2.75) is 12.8 Å². The topological polar surface area (TPSA) is 66.8 Å². The Kier molecular flexibility index (Phi) is 4.46. The van der Waals surface area contributed by atoms with Crippen molar-refractivity contribution in [2.24, 2.45) is 5.92 Å². The first-order chi connectivity index (χ1) is 11.1. The number of carboxylic acid groups (broad SMARTS) is 1. The Bertz CT molecular complexity index is 728. The predicted octanol–water partition coefficient (Wildman–Crippen LogP) is 2.54. The number of hydrogen-bond donors (Lipinski definition) is 1. The van der Waals surface area contributed by atoms with Gasteiger partial charge in [0.05, 0.1) is 5.92 Å². The maximum absolute atomic E-state index is 12.2. The third-order valence-electron chi connectivity index (χ3n) is 4.21. The third kappa shape index (κ3) is 3.62. The molecule has 5 heteroatoms.